The molecule has 2 rings (SSSR count). The highest BCUT2D eigenvalue weighted by molar-refractivity contribution is 5.78. The Morgan fingerprint density at radius 2 is 1.75 bits per heavy atom. The Morgan fingerprint density at radius 3 is 2.38 bits per heavy atom. The molecule has 2 aromatic rings. The van der Waals surface area contributed by atoms with E-state index in [0.717, 1.165) is 15.7 Å². The van der Waals surface area contributed by atoms with Crippen LogP contribution in [0.5, 0.6) is 0 Å². The van der Waals surface area contributed by atoms with Crippen molar-refractivity contribution >= 4 is 11.0 Å². The van der Waals surface area contributed by atoms with E-state index in [4.69, 9.17) is 0 Å². The van der Waals surface area contributed by atoms with E-state index in [9.17, 15) is 9.59 Å². The zero-order chi connectivity index (χ0) is 12.0. The predicted molar refractivity (Wildman–Crippen MR) is 61.7 cm³/mol. The lowest BCUT2D eigenvalue weighted by Crippen LogP contribution is -2.37. The van der Waals surface area contributed by atoms with E-state index in [1.807, 2.05) is 13.8 Å². The highest BCUT2D eigenvalue weighted by atomic mass is 16.2. The standard InChI is InChI=1S/C11H13N3O2/c1-6-5-12-9-8(7(6)2)10(15)14(4)11(16)13(9)3/h5H,1-4H3. The van der Waals surface area contributed by atoms with Crippen molar-refractivity contribution in [1.29, 1.82) is 0 Å². The summed E-state index contributed by atoms with van der Waals surface area (Å²) < 4.78 is 2.50. The van der Waals surface area contributed by atoms with E-state index in [-0.39, 0.29) is 11.2 Å². The number of rotatable bonds is 0. The first-order valence-electron chi connectivity index (χ1n) is 4.97. The summed E-state index contributed by atoms with van der Waals surface area (Å²) in [5.41, 5.74) is 1.63. The summed E-state index contributed by atoms with van der Waals surface area (Å²) in [7, 11) is 3.10. The second kappa shape index (κ2) is 3.30. The SMILES string of the molecule is Cc1cnc2c(c1C)c(=O)n(C)c(=O)n2C. The van der Waals surface area contributed by atoms with Crippen LogP contribution in [0.4, 0.5) is 0 Å². The average Bonchev–Trinajstić information content (AvgIpc) is 2.27. The first-order chi connectivity index (χ1) is 7.45. The summed E-state index contributed by atoms with van der Waals surface area (Å²) in [6.07, 6.45) is 1.68. The normalized spacial score (nSPS) is 11.0. The molecule has 0 aliphatic carbocycles. The molecule has 0 saturated heterocycles. The molecule has 0 saturated carbocycles. The molecule has 0 spiro atoms. The molecule has 0 unspecified atom stereocenters. The number of hydrogen-bond acceptors (Lipinski definition) is 3. The van der Waals surface area contributed by atoms with Crippen LogP contribution in [0.15, 0.2) is 15.8 Å². The third kappa shape index (κ3) is 1.21. The summed E-state index contributed by atoms with van der Waals surface area (Å²) in [5, 5.41) is 0.518. The van der Waals surface area contributed by atoms with Crippen LogP contribution in [-0.4, -0.2) is 14.1 Å². The van der Waals surface area contributed by atoms with Crippen molar-refractivity contribution in [2.45, 2.75) is 13.8 Å². The molecule has 0 atom stereocenters. The van der Waals surface area contributed by atoms with Crippen LogP contribution in [0.1, 0.15) is 11.1 Å². The van der Waals surface area contributed by atoms with Crippen molar-refractivity contribution in [2.75, 3.05) is 0 Å². The number of fused-ring (bicyclic) bond motifs is 1. The molecule has 0 aliphatic rings. The minimum absolute atomic E-state index is 0.285. The molecule has 0 fully saturated rings. The van der Waals surface area contributed by atoms with Crippen molar-refractivity contribution < 1.29 is 0 Å². The Labute approximate surface area is 92.0 Å². The van der Waals surface area contributed by atoms with Gasteiger partial charge in [-0.3, -0.25) is 13.9 Å². The fraction of sp³-hybridized carbons (Fsp3) is 0.364. The Balaban J connectivity index is 3.22. The largest absolute Gasteiger partial charge is 0.332 e. The molecule has 0 N–H and O–H groups in total. The van der Waals surface area contributed by atoms with Crippen LogP contribution in [0, 0.1) is 13.8 Å². The molecule has 0 aliphatic heterocycles. The van der Waals surface area contributed by atoms with Gasteiger partial charge in [0.05, 0.1) is 5.39 Å². The fourth-order valence-corrected chi connectivity index (χ4v) is 1.76. The maximum absolute atomic E-state index is 12.0. The molecule has 0 radical (unpaired) electrons. The lowest BCUT2D eigenvalue weighted by Gasteiger charge is -2.09. The Bertz CT molecular complexity index is 695. The number of aryl methyl sites for hydroxylation is 3. The van der Waals surface area contributed by atoms with Crippen molar-refractivity contribution in [3.05, 3.63) is 38.2 Å². The number of aromatic nitrogens is 3. The van der Waals surface area contributed by atoms with Crippen LogP contribution in [0.25, 0.3) is 11.0 Å². The van der Waals surface area contributed by atoms with Gasteiger partial charge in [0.2, 0.25) is 0 Å². The molecule has 5 heteroatoms. The van der Waals surface area contributed by atoms with Crippen molar-refractivity contribution in [3.63, 3.8) is 0 Å². The quantitative estimate of drug-likeness (QED) is 0.638. The van der Waals surface area contributed by atoms with E-state index in [1.54, 1.807) is 13.2 Å². The van der Waals surface area contributed by atoms with Gasteiger partial charge in [-0.25, -0.2) is 9.78 Å². The zero-order valence-corrected chi connectivity index (χ0v) is 9.74. The highest BCUT2D eigenvalue weighted by Crippen LogP contribution is 2.13. The number of hydrogen-bond donors (Lipinski definition) is 0. The van der Waals surface area contributed by atoms with Crippen molar-refractivity contribution in [3.8, 4) is 0 Å². The predicted octanol–water partition coefficient (Wildman–Crippen LogP) is 0.249. The molecule has 16 heavy (non-hydrogen) atoms. The van der Waals surface area contributed by atoms with Gasteiger partial charge in [0.15, 0.2) is 0 Å². The van der Waals surface area contributed by atoms with Crippen LogP contribution < -0.4 is 11.2 Å². The first-order valence-corrected chi connectivity index (χ1v) is 4.97. The maximum Gasteiger partial charge on any atom is 0.332 e. The van der Waals surface area contributed by atoms with Gasteiger partial charge < -0.3 is 0 Å². The van der Waals surface area contributed by atoms with Crippen molar-refractivity contribution in [1.82, 2.24) is 14.1 Å². The van der Waals surface area contributed by atoms with Crippen LogP contribution in [-0.2, 0) is 14.1 Å². The van der Waals surface area contributed by atoms with Gasteiger partial charge in [-0.05, 0) is 25.0 Å². The second-order valence-corrected chi connectivity index (χ2v) is 3.97. The third-order valence-electron chi connectivity index (χ3n) is 2.98. The lowest BCUT2D eigenvalue weighted by atomic mass is 10.1. The smallest absolute Gasteiger partial charge is 0.280 e. The van der Waals surface area contributed by atoms with E-state index >= 15 is 0 Å². The molecule has 0 bridgehead atoms. The van der Waals surface area contributed by atoms with Gasteiger partial charge >= 0.3 is 5.69 Å². The Morgan fingerprint density at radius 1 is 1.12 bits per heavy atom. The van der Waals surface area contributed by atoms with E-state index in [2.05, 4.69) is 4.98 Å². The molecule has 84 valence electrons. The lowest BCUT2D eigenvalue weighted by molar-refractivity contribution is 0.706. The molecule has 0 amide bonds. The first kappa shape index (κ1) is 10.6. The van der Waals surface area contributed by atoms with Gasteiger partial charge in [0.1, 0.15) is 5.65 Å². The van der Waals surface area contributed by atoms with Crippen LogP contribution in [0.3, 0.4) is 0 Å². The Kier molecular flexibility index (Phi) is 2.18. The molecule has 5 nitrogen and oxygen atoms in total. The van der Waals surface area contributed by atoms with Crippen LogP contribution >= 0.6 is 0 Å². The zero-order valence-electron chi connectivity index (χ0n) is 9.74. The van der Waals surface area contributed by atoms with Gasteiger partial charge in [-0.1, -0.05) is 0 Å². The van der Waals surface area contributed by atoms with Gasteiger partial charge in [-0.15, -0.1) is 0 Å². The second-order valence-electron chi connectivity index (χ2n) is 3.97. The monoisotopic (exact) mass is 219 g/mol. The van der Waals surface area contributed by atoms with Gasteiger partial charge in [-0.2, -0.15) is 0 Å². The van der Waals surface area contributed by atoms with Gasteiger partial charge in [0, 0.05) is 20.3 Å². The molecular formula is C11H13N3O2. The number of pyridine rings is 1. The summed E-state index contributed by atoms with van der Waals surface area (Å²) in [5.74, 6) is 0. The summed E-state index contributed by atoms with van der Waals surface area (Å²) >= 11 is 0. The summed E-state index contributed by atoms with van der Waals surface area (Å²) in [4.78, 5) is 27.8. The van der Waals surface area contributed by atoms with Gasteiger partial charge in [0.25, 0.3) is 5.56 Å². The molecule has 0 aromatic carbocycles. The average molecular weight is 219 g/mol. The minimum atomic E-state index is -0.353. The topological polar surface area (TPSA) is 56.9 Å². The van der Waals surface area contributed by atoms with Crippen LogP contribution in [0.2, 0.25) is 0 Å². The summed E-state index contributed by atoms with van der Waals surface area (Å²) in [6, 6.07) is 0. The van der Waals surface area contributed by atoms with E-state index in [0.29, 0.717) is 11.0 Å². The third-order valence-corrected chi connectivity index (χ3v) is 2.98. The maximum atomic E-state index is 12.0. The van der Waals surface area contributed by atoms with E-state index < -0.39 is 0 Å². The summed E-state index contributed by atoms with van der Waals surface area (Å²) in [6.45, 7) is 3.76. The molecule has 2 aromatic heterocycles. The Hall–Kier alpha value is -1.91. The minimum Gasteiger partial charge on any atom is -0.280 e. The number of nitrogens with zero attached hydrogens (tertiary/aromatic N) is 3. The molecule has 2 heterocycles. The highest BCUT2D eigenvalue weighted by Gasteiger charge is 2.12. The fourth-order valence-electron chi connectivity index (χ4n) is 1.76. The molecular weight excluding hydrogens is 206 g/mol. The van der Waals surface area contributed by atoms with E-state index in [1.165, 1.54) is 11.6 Å². The van der Waals surface area contributed by atoms with Crippen molar-refractivity contribution in [2.24, 2.45) is 14.1 Å².